The van der Waals surface area contributed by atoms with Crippen LogP contribution in [0.3, 0.4) is 0 Å². The maximum atomic E-state index is 12.3. The average molecular weight is 399 g/mol. The minimum atomic E-state index is -4.31. The highest BCUT2D eigenvalue weighted by Gasteiger charge is 2.13. The van der Waals surface area contributed by atoms with E-state index in [9.17, 15) is 18.5 Å². The first-order valence-electron chi connectivity index (χ1n) is 8.66. The summed E-state index contributed by atoms with van der Waals surface area (Å²) in [6.07, 6.45) is 2.96. The van der Waals surface area contributed by atoms with Gasteiger partial charge in [-0.3, -0.25) is 9.35 Å². The number of amides is 1. The van der Waals surface area contributed by atoms with E-state index in [1.54, 1.807) is 0 Å². The van der Waals surface area contributed by atoms with E-state index < -0.39 is 16.0 Å². The van der Waals surface area contributed by atoms with Crippen LogP contribution in [0.25, 0.3) is 0 Å². The fraction of sp³-hybridized carbons (Fsp3) is 0.200. The molecule has 2 aromatic carbocycles. The molecule has 2 rings (SSSR count). The number of nitriles is 1. The molecule has 0 aliphatic heterocycles. The first kappa shape index (κ1) is 21.2. The normalized spacial score (nSPS) is 11.6. The maximum absolute atomic E-state index is 12.3. The van der Waals surface area contributed by atoms with Crippen molar-refractivity contribution in [2.75, 3.05) is 10.6 Å². The standard InChI is InChI=1S/C20H21N3O4S/c1-3-14-6-5-7-15(4-2)19(14)22-13-16(12-21)20(24)23-17-8-10-18(11-9-17)28(25,26)27/h5-11,13,22H,3-4H2,1-2H3,(H,23,24)(H,25,26,27)/b16-13-. The summed E-state index contributed by atoms with van der Waals surface area (Å²) < 4.78 is 31.1. The molecule has 0 unspecified atom stereocenters. The van der Waals surface area contributed by atoms with E-state index in [1.807, 2.05) is 38.1 Å². The van der Waals surface area contributed by atoms with Crippen molar-refractivity contribution in [2.45, 2.75) is 31.6 Å². The van der Waals surface area contributed by atoms with Crippen molar-refractivity contribution in [3.8, 4) is 6.07 Å². The summed E-state index contributed by atoms with van der Waals surface area (Å²) in [6.45, 7) is 4.05. The zero-order chi connectivity index (χ0) is 20.7. The molecular weight excluding hydrogens is 378 g/mol. The van der Waals surface area contributed by atoms with E-state index in [1.165, 1.54) is 18.3 Å². The first-order chi connectivity index (χ1) is 13.3. The molecule has 0 aliphatic rings. The molecule has 0 aliphatic carbocycles. The zero-order valence-electron chi connectivity index (χ0n) is 15.6. The van der Waals surface area contributed by atoms with Crippen LogP contribution in [0, 0.1) is 11.3 Å². The van der Waals surface area contributed by atoms with Crippen molar-refractivity contribution >= 4 is 27.4 Å². The van der Waals surface area contributed by atoms with E-state index >= 15 is 0 Å². The lowest BCUT2D eigenvalue weighted by Gasteiger charge is -2.13. The molecule has 0 bridgehead atoms. The number of para-hydroxylation sites is 1. The highest BCUT2D eigenvalue weighted by atomic mass is 32.2. The van der Waals surface area contributed by atoms with Crippen LogP contribution >= 0.6 is 0 Å². The number of carbonyl (C=O) groups excluding carboxylic acids is 1. The van der Waals surface area contributed by atoms with E-state index in [-0.39, 0.29) is 10.5 Å². The number of benzene rings is 2. The van der Waals surface area contributed by atoms with Gasteiger partial charge in [0.15, 0.2) is 0 Å². The van der Waals surface area contributed by atoms with Gasteiger partial charge in [0.25, 0.3) is 16.0 Å². The van der Waals surface area contributed by atoms with Crippen LogP contribution in [0.5, 0.6) is 0 Å². The SMILES string of the molecule is CCc1cccc(CC)c1N/C=C(/C#N)C(=O)Nc1ccc(S(=O)(=O)O)cc1. The van der Waals surface area contributed by atoms with Gasteiger partial charge in [-0.05, 0) is 48.2 Å². The minimum Gasteiger partial charge on any atom is -0.360 e. The van der Waals surface area contributed by atoms with Gasteiger partial charge in [-0.2, -0.15) is 13.7 Å². The first-order valence-corrected chi connectivity index (χ1v) is 10.1. The van der Waals surface area contributed by atoms with Crippen molar-refractivity contribution in [1.82, 2.24) is 0 Å². The van der Waals surface area contributed by atoms with Gasteiger partial charge >= 0.3 is 0 Å². The van der Waals surface area contributed by atoms with Crippen LogP contribution < -0.4 is 10.6 Å². The second-order valence-electron chi connectivity index (χ2n) is 5.93. The number of aryl methyl sites for hydroxylation is 2. The third-order valence-electron chi connectivity index (χ3n) is 4.13. The number of carbonyl (C=O) groups is 1. The quantitative estimate of drug-likeness (QED) is 0.372. The zero-order valence-corrected chi connectivity index (χ0v) is 16.4. The molecule has 0 saturated carbocycles. The summed E-state index contributed by atoms with van der Waals surface area (Å²) >= 11 is 0. The summed E-state index contributed by atoms with van der Waals surface area (Å²) in [5.74, 6) is -0.637. The molecule has 146 valence electrons. The average Bonchev–Trinajstić information content (AvgIpc) is 2.68. The van der Waals surface area contributed by atoms with E-state index in [0.29, 0.717) is 5.69 Å². The Morgan fingerprint density at radius 3 is 2.14 bits per heavy atom. The fourth-order valence-corrected chi connectivity index (χ4v) is 3.11. The molecular formula is C20H21N3O4S. The van der Waals surface area contributed by atoms with E-state index in [0.717, 1.165) is 41.8 Å². The number of nitrogens with one attached hydrogen (secondary N) is 2. The van der Waals surface area contributed by atoms with Gasteiger partial charge in [0.05, 0.1) is 4.90 Å². The van der Waals surface area contributed by atoms with Gasteiger partial charge in [0, 0.05) is 17.6 Å². The van der Waals surface area contributed by atoms with Gasteiger partial charge in [0.1, 0.15) is 11.6 Å². The van der Waals surface area contributed by atoms with Crippen LogP contribution in [-0.2, 0) is 27.8 Å². The fourth-order valence-electron chi connectivity index (χ4n) is 2.63. The summed E-state index contributed by atoms with van der Waals surface area (Å²) in [4.78, 5) is 12.1. The van der Waals surface area contributed by atoms with E-state index in [4.69, 9.17) is 4.55 Å². The topological polar surface area (TPSA) is 119 Å². The van der Waals surface area contributed by atoms with Crippen molar-refractivity contribution in [3.63, 3.8) is 0 Å². The van der Waals surface area contributed by atoms with Crippen molar-refractivity contribution in [2.24, 2.45) is 0 Å². The van der Waals surface area contributed by atoms with Gasteiger partial charge < -0.3 is 10.6 Å². The smallest absolute Gasteiger partial charge is 0.294 e. The number of rotatable bonds is 7. The predicted octanol–water partition coefficient (Wildman–Crippen LogP) is 3.52. The highest BCUT2D eigenvalue weighted by molar-refractivity contribution is 7.85. The summed E-state index contributed by atoms with van der Waals surface area (Å²) in [5.41, 5.74) is 3.20. The molecule has 2 aromatic rings. The van der Waals surface area contributed by atoms with Gasteiger partial charge in [-0.25, -0.2) is 0 Å². The summed E-state index contributed by atoms with van der Waals surface area (Å²) in [6, 6.07) is 12.8. The highest BCUT2D eigenvalue weighted by Crippen LogP contribution is 2.23. The molecule has 7 nitrogen and oxygen atoms in total. The number of anilines is 2. The molecule has 28 heavy (non-hydrogen) atoms. The van der Waals surface area contributed by atoms with Crippen LogP contribution in [0.4, 0.5) is 11.4 Å². The number of hydrogen-bond acceptors (Lipinski definition) is 5. The van der Waals surface area contributed by atoms with Gasteiger partial charge in [0.2, 0.25) is 0 Å². The molecule has 1 amide bonds. The third-order valence-corrected chi connectivity index (χ3v) is 5.00. The van der Waals surface area contributed by atoms with Gasteiger partial charge in [-0.1, -0.05) is 32.0 Å². The van der Waals surface area contributed by atoms with Crippen molar-refractivity contribution in [3.05, 3.63) is 65.4 Å². The van der Waals surface area contributed by atoms with Crippen LogP contribution in [-0.4, -0.2) is 18.9 Å². The molecule has 8 heteroatoms. The van der Waals surface area contributed by atoms with Crippen LogP contribution in [0.1, 0.15) is 25.0 Å². The molecule has 0 saturated heterocycles. The Kier molecular flexibility index (Phi) is 6.93. The Balaban J connectivity index is 2.19. The Morgan fingerprint density at radius 2 is 1.68 bits per heavy atom. The third kappa shape index (κ3) is 5.19. The number of nitrogens with zero attached hydrogens (tertiary/aromatic N) is 1. The second kappa shape index (κ2) is 9.17. The predicted molar refractivity (Wildman–Crippen MR) is 107 cm³/mol. The van der Waals surface area contributed by atoms with Crippen LogP contribution in [0.15, 0.2) is 59.1 Å². The lowest BCUT2D eigenvalue weighted by molar-refractivity contribution is -0.112. The maximum Gasteiger partial charge on any atom is 0.294 e. The summed E-state index contributed by atoms with van der Waals surface area (Å²) in [7, 11) is -4.31. The Hall–Kier alpha value is -3.15. The molecule has 0 heterocycles. The summed E-state index contributed by atoms with van der Waals surface area (Å²) in [5, 5.41) is 14.9. The largest absolute Gasteiger partial charge is 0.360 e. The molecule has 0 radical (unpaired) electrons. The minimum absolute atomic E-state index is 0.133. The van der Waals surface area contributed by atoms with Crippen molar-refractivity contribution < 1.29 is 17.8 Å². The number of hydrogen-bond donors (Lipinski definition) is 3. The molecule has 3 N–H and O–H groups in total. The lowest BCUT2D eigenvalue weighted by atomic mass is 10.0. The monoisotopic (exact) mass is 399 g/mol. The Morgan fingerprint density at radius 1 is 1.11 bits per heavy atom. The van der Waals surface area contributed by atoms with Crippen LogP contribution in [0.2, 0.25) is 0 Å². The van der Waals surface area contributed by atoms with Crippen molar-refractivity contribution in [1.29, 1.82) is 5.26 Å². The Bertz CT molecular complexity index is 1010. The lowest BCUT2D eigenvalue weighted by Crippen LogP contribution is -2.15. The molecule has 0 aromatic heterocycles. The molecule has 0 spiro atoms. The Labute approximate surface area is 164 Å². The van der Waals surface area contributed by atoms with E-state index in [2.05, 4.69) is 10.6 Å². The second-order valence-corrected chi connectivity index (χ2v) is 7.35. The molecule has 0 atom stereocenters. The molecule has 0 fully saturated rings. The van der Waals surface area contributed by atoms with Gasteiger partial charge in [-0.15, -0.1) is 0 Å².